The van der Waals surface area contributed by atoms with E-state index in [9.17, 15) is 9.59 Å². The first-order valence-electron chi connectivity index (χ1n) is 9.53. The molecule has 0 aliphatic rings. The molecular weight excluding hydrogens is 330 g/mol. The van der Waals surface area contributed by atoms with E-state index >= 15 is 0 Å². The van der Waals surface area contributed by atoms with Crippen LogP contribution in [0.4, 0.5) is 0 Å². The third-order valence-electron chi connectivity index (χ3n) is 4.52. The lowest BCUT2D eigenvalue weighted by atomic mass is 10.1. The van der Waals surface area contributed by atoms with E-state index in [-0.39, 0.29) is 12.3 Å². The molecule has 0 bridgehead atoms. The number of carboxylic acid groups (broad SMARTS) is 1. The number of hydrogen-bond donors (Lipinski definition) is 2. The van der Waals surface area contributed by atoms with E-state index in [1.165, 1.54) is 6.42 Å². The summed E-state index contributed by atoms with van der Waals surface area (Å²) in [5.41, 5.74) is 2.15. The maximum Gasteiger partial charge on any atom is 0.303 e. The minimum atomic E-state index is -0.703. The molecule has 142 valence electrons. The predicted octanol–water partition coefficient (Wildman–Crippen LogP) is 3.97. The van der Waals surface area contributed by atoms with Crippen molar-refractivity contribution in [2.45, 2.75) is 64.7 Å². The summed E-state index contributed by atoms with van der Waals surface area (Å²) < 4.78 is 1.83. The Labute approximate surface area is 154 Å². The first-order chi connectivity index (χ1) is 12.6. The topological polar surface area (TPSA) is 83.7 Å². The molecule has 0 unspecified atom stereocenters. The third kappa shape index (κ3) is 6.17. The van der Waals surface area contributed by atoms with Crippen molar-refractivity contribution >= 4 is 17.5 Å². The Morgan fingerprint density at radius 1 is 1.04 bits per heavy atom. The van der Waals surface area contributed by atoms with Crippen molar-refractivity contribution < 1.29 is 14.7 Å². The third-order valence-corrected chi connectivity index (χ3v) is 4.52. The standard InChI is InChI=1S/C20H29N3O3/c1-16-19(23-15-11-9-12-17(23)22-16)20(26)21-14-10-7-5-3-2-4-6-8-13-18(24)25/h9,11-12,15H,2-8,10,13-14H2,1H3,(H,21,26)(H,24,25). The maximum absolute atomic E-state index is 12.4. The average Bonchev–Trinajstić information content (AvgIpc) is 2.95. The molecule has 0 aliphatic heterocycles. The van der Waals surface area contributed by atoms with Crippen LogP contribution in [-0.2, 0) is 4.79 Å². The summed E-state index contributed by atoms with van der Waals surface area (Å²) >= 11 is 0. The largest absolute Gasteiger partial charge is 0.481 e. The Bertz CT molecular complexity index is 724. The van der Waals surface area contributed by atoms with E-state index in [4.69, 9.17) is 5.11 Å². The van der Waals surface area contributed by atoms with Gasteiger partial charge in [0.25, 0.3) is 5.91 Å². The van der Waals surface area contributed by atoms with Crippen LogP contribution < -0.4 is 5.32 Å². The number of imidazole rings is 1. The van der Waals surface area contributed by atoms with Gasteiger partial charge in [0.1, 0.15) is 11.3 Å². The fraction of sp³-hybridized carbons (Fsp3) is 0.550. The highest BCUT2D eigenvalue weighted by Crippen LogP contribution is 2.12. The van der Waals surface area contributed by atoms with Gasteiger partial charge in [-0.15, -0.1) is 0 Å². The molecule has 0 spiro atoms. The fourth-order valence-corrected chi connectivity index (χ4v) is 3.13. The van der Waals surface area contributed by atoms with Crippen LogP contribution in [-0.4, -0.2) is 32.9 Å². The lowest BCUT2D eigenvalue weighted by Crippen LogP contribution is -2.26. The van der Waals surface area contributed by atoms with Crippen LogP contribution in [0.1, 0.15) is 74.0 Å². The zero-order valence-electron chi connectivity index (χ0n) is 15.5. The van der Waals surface area contributed by atoms with Crippen molar-refractivity contribution in [1.29, 1.82) is 0 Å². The lowest BCUT2D eigenvalue weighted by molar-refractivity contribution is -0.137. The molecule has 0 fully saturated rings. The van der Waals surface area contributed by atoms with Gasteiger partial charge in [0.05, 0.1) is 5.69 Å². The zero-order chi connectivity index (χ0) is 18.8. The predicted molar refractivity (Wildman–Crippen MR) is 101 cm³/mol. The van der Waals surface area contributed by atoms with Gasteiger partial charge in [0, 0.05) is 19.2 Å². The normalized spacial score (nSPS) is 11.0. The van der Waals surface area contributed by atoms with Crippen LogP contribution in [0.2, 0.25) is 0 Å². The molecule has 0 radical (unpaired) electrons. The number of amides is 1. The van der Waals surface area contributed by atoms with Gasteiger partial charge in [-0.3, -0.25) is 14.0 Å². The van der Waals surface area contributed by atoms with Gasteiger partial charge in [0.15, 0.2) is 0 Å². The minimum Gasteiger partial charge on any atom is -0.481 e. The minimum absolute atomic E-state index is 0.0698. The molecule has 0 atom stereocenters. The van der Waals surface area contributed by atoms with E-state index in [0.29, 0.717) is 12.2 Å². The smallest absolute Gasteiger partial charge is 0.303 e. The van der Waals surface area contributed by atoms with Crippen molar-refractivity contribution in [2.24, 2.45) is 0 Å². The highest BCUT2D eigenvalue weighted by Gasteiger charge is 2.15. The number of aryl methyl sites for hydroxylation is 1. The number of hydrogen-bond acceptors (Lipinski definition) is 3. The molecule has 0 aromatic carbocycles. The monoisotopic (exact) mass is 359 g/mol. The van der Waals surface area contributed by atoms with E-state index in [0.717, 1.165) is 56.3 Å². The molecule has 2 aromatic heterocycles. The second-order valence-corrected chi connectivity index (χ2v) is 6.70. The molecule has 26 heavy (non-hydrogen) atoms. The lowest BCUT2D eigenvalue weighted by Gasteiger charge is -2.06. The number of aliphatic carboxylic acids is 1. The fourth-order valence-electron chi connectivity index (χ4n) is 3.13. The molecule has 6 heteroatoms. The molecule has 2 rings (SSSR count). The summed E-state index contributed by atoms with van der Waals surface area (Å²) in [6.45, 7) is 2.54. The number of carboxylic acids is 1. The molecule has 0 aliphatic carbocycles. The SMILES string of the molecule is Cc1nc2ccccn2c1C(=O)NCCCCCCCCCCC(=O)O. The van der Waals surface area contributed by atoms with Crippen LogP contribution in [0.15, 0.2) is 24.4 Å². The number of carbonyl (C=O) groups is 2. The van der Waals surface area contributed by atoms with Gasteiger partial charge in [-0.05, 0) is 31.9 Å². The highest BCUT2D eigenvalue weighted by atomic mass is 16.4. The van der Waals surface area contributed by atoms with E-state index in [1.807, 2.05) is 35.7 Å². The molecule has 6 nitrogen and oxygen atoms in total. The van der Waals surface area contributed by atoms with Gasteiger partial charge < -0.3 is 10.4 Å². The van der Waals surface area contributed by atoms with Gasteiger partial charge in [-0.2, -0.15) is 0 Å². The summed E-state index contributed by atoms with van der Waals surface area (Å²) in [4.78, 5) is 27.2. The first-order valence-corrected chi connectivity index (χ1v) is 9.53. The molecule has 2 aromatic rings. The van der Waals surface area contributed by atoms with Crippen molar-refractivity contribution in [3.63, 3.8) is 0 Å². The van der Waals surface area contributed by atoms with Crippen LogP contribution in [0.3, 0.4) is 0 Å². The van der Waals surface area contributed by atoms with Crippen LogP contribution in [0.25, 0.3) is 5.65 Å². The molecule has 2 N–H and O–H groups in total. The Hall–Kier alpha value is -2.37. The van der Waals surface area contributed by atoms with E-state index in [2.05, 4.69) is 10.3 Å². The van der Waals surface area contributed by atoms with Crippen molar-refractivity contribution in [3.8, 4) is 0 Å². The number of nitrogens with one attached hydrogen (secondary N) is 1. The number of unbranched alkanes of at least 4 members (excludes halogenated alkanes) is 7. The maximum atomic E-state index is 12.4. The Morgan fingerprint density at radius 3 is 2.38 bits per heavy atom. The van der Waals surface area contributed by atoms with E-state index < -0.39 is 5.97 Å². The number of aromatic nitrogens is 2. The number of nitrogens with zero attached hydrogens (tertiary/aromatic N) is 2. The molecule has 1 amide bonds. The van der Waals surface area contributed by atoms with Crippen LogP contribution in [0, 0.1) is 6.92 Å². The summed E-state index contributed by atoms with van der Waals surface area (Å²) in [6.07, 6.45) is 10.6. The van der Waals surface area contributed by atoms with Gasteiger partial charge in [-0.1, -0.05) is 44.6 Å². The second kappa shape index (κ2) is 10.6. The summed E-state index contributed by atoms with van der Waals surface area (Å²) in [5, 5.41) is 11.6. The van der Waals surface area contributed by atoms with Crippen molar-refractivity contribution in [2.75, 3.05) is 6.54 Å². The molecule has 2 heterocycles. The number of rotatable bonds is 12. The van der Waals surface area contributed by atoms with Crippen molar-refractivity contribution in [3.05, 3.63) is 35.8 Å². The quantitative estimate of drug-likeness (QED) is 0.562. The van der Waals surface area contributed by atoms with Crippen LogP contribution in [0.5, 0.6) is 0 Å². The average molecular weight is 359 g/mol. The zero-order valence-corrected chi connectivity index (χ0v) is 15.5. The second-order valence-electron chi connectivity index (χ2n) is 6.70. The summed E-state index contributed by atoms with van der Waals surface area (Å²) in [5.74, 6) is -0.772. The van der Waals surface area contributed by atoms with Gasteiger partial charge in [0.2, 0.25) is 0 Å². The van der Waals surface area contributed by atoms with E-state index in [1.54, 1.807) is 0 Å². The van der Waals surface area contributed by atoms with Gasteiger partial charge in [-0.25, -0.2) is 4.98 Å². The Kier molecular flexibility index (Phi) is 8.12. The molecule has 0 saturated heterocycles. The summed E-state index contributed by atoms with van der Waals surface area (Å²) in [6, 6.07) is 5.70. The first kappa shape index (κ1) is 19.9. The number of pyridine rings is 1. The summed E-state index contributed by atoms with van der Waals surface area (Å²) in [7, 11) is 0. The Balaban J connectivity index is 1.56. The van der Waals surface area contributed by atoms with Crippen LogP contribution >= 0.6 is 0 Å². The van der Waals surface area contributed by atoms with Gasteiger partial charge >= 0.3 is 5.97 Å². The van der Waals surface area contributed by atoms with Crippen molar-refractivity contribution in [1.82, 2.24) is 14.7 Å². The highest BCUT2D eigenvalue weighted by molar-refractivity contribution is 5.94. The molecule has 0 saturated carbocycles. The Morgan fingerprint density at radius 2 is 1.69 bits per heavy atom. The number of carbonyl (C=O) groups excluding carboxylic acids is 1. The number of fused-ring (bicyclic) bond motifs is 1. The molecular formula is C20H29N3O3.